The van der Waals surface area contributed by atoms with Gasteiger partial charge in [-0.2, -0.15) is 0 Å². The second-order valence-electron chi connectivity index (χ2n) is 5.94. The number of piperidine rings is 1. The highest BCUT2D eigenvalue weighted by molar-refractivity contribution is 5.58. The van der Waals surface area contributed by atoms with Gasteiger partial charge in [0.25, 0.3) is 0 Å². The van der Waals surface area contributed by atoms with Gasteiger partial charge in [0, 0.05) is 25.2 Å². The Bertz CT molecular complexity index is 524. The third-order valence-corrected chi connectivity index (χ3v) is 4.30. The smallest absolute Gasteiger partial charge is 0.311 e. The average Bonchev–Trinajstić information content (AvgIpc) is 3.29. The number of nitrogens with zero attached hydrogens (tertiary/aromatic N) is 3. The highest BCUT2D eigenvalue weighted by Gasteiger charge is 2.25. The summed E-state index contributed by atoms with van der Waals surface area (Å²) in [6.45, 7) is 2.96. The van der Waals surface area contributed by atoms with E-state index in [1.54, 1.807) is 6.07 Å². The number of nitrogen functional groups attached to an aromatic ring is 1. The number of nitrogens with one attached hydrogen (secondary N) is 1. The van der Waals surface area contributed by atoms with E-state index in [2.05, 4.69) is 15.2 Å². The van der Waals surface area contributed by atoms with Crippen LogP contribution in [-0.2, 0) is 0 Å². The zero-order valence-corrected chi connectivity index (χ0v) is 12.0. The molecular formula is C14H21N5O2. The maximum absolute atomic E-state index is 10.7. The molecule has 2 heterocycles. The minimum Gasteiger partial charge on any atom is -0.378 e. The highest BCUT2D eigenvalue weighted by atomic mass is 16.6. The lowest BCUT2D eigenvalue weighted by Gasteiger charge is -2.33. The molecule has 3 N–H and O–H groups in total. The van der Waals surface area contributed by atoms with Crippen LogP contribution in [-0.4, -0.2) is 35.6 Å². The number of rotatable bonds is 5. The first-order valence-corrected chi connectivity index (χ1v) is 7.52. The summed E-state index contributed by atoms with van der Waals surface area (Å²) in [6.07, 6.45) is 4.90. The van der Waals surface area contributed by atoms with Crippen LogP contribution in [0.2, 0.25) is 0 Å². The number of nitro groups is 1. The van der Waals surface area contributed by atoms with E-state index in [4.69, 9.17) is 5.73 Å². The number of pyridine rings is 1. The van der Waals surface area contributed by atoms with Gasteiger partial charge in [0.1, 0.15) is 5.82 Å². The second kappa shape index (κ2) is 5.85. The number of aromatic nitrogens is 1. The Hall–Kier alpha value is -1.89. The fourth-order valence-corrected chi connectivity index (χ4v) is 2.76. The molecule has 0 unspecified atom stereocenters. The van der Waals surface area contributed by atoms with Gasteiger partial charge in [-0.15, -0.1) is 0 Å². The van der Waals surface area contributed by atoms with E-state index in [-0.39, 0.29) is 11.5 Å². The van der Waals surface area contributed by atoms with Crippen LogP contribution in [0.1, 0.15) is 25.7 Å². The Morgan fingerprint density at radius 2 is 2.05 bits per heavy atom. The summed E-state index contributed by atoms with van der Waals surface area (Å²) in [6, 6.07) is 3.71. The molecule has 3 rings (SSSR count). The van der Waals surface area contributed by atoms with E-state index in [0.717, 1.165) is 44.2 Å². The van der Waals surface area contributed by atoms with Crippen LogP contribution in [0.4, 0.5) is 17.3 Å². The first kappa shape index (κ1) is 14.1. The molecule has 7 heteroatoms. The topological polar surface area (TPSA) is 97.3 Å². The lowest BCUT2D eigenvalue weighted by Crippen LogP contribution is -2.43. The maximum Gasteiger partial charge on any atom is 0.311 e. The molecular weight excluding hydrogens is 270 g/mol. The van der Waals surface area contributed by atoms with Crippen LogP contribution in [0.5, 0.6) is 0 Å². The molecule has 0 spiro atoms. The third kappa shape index (κ3) is 3.41. The van der Waals surface area contributed by atoms with Gasteiger partial charge in [-0.05, 0) is 44.2 Å². The van der Waals surface area contributed by atoms with Crippen molar-refractivity contribution in [2.45, 2.75) is 31.7 Å². The molecule has 1 saturated carbocycles. The fourth-order valence-electron chi connectivity index (χ4n) is 2.76. The molecule has 1 aromatic rings. The number of anilines is 2. The summed E-state index contributed by atoms with van der Waals surface area (Å²) >= 11 is 0. The zero-order chi connectivity index (χ0) is 14.8. The van der Waals surface area contributed by atoms with Crippen molar-refractivity contribution in [3.05, 3.63) is 22.2 Å². The SMILES string of the molecule is Nc1nc(N2CCC(NCC3CC3)CC2)ccc1[N+](=O)[O-]. The van der Waals surface area contributed by atoms with E-state index in [1.165, 1.54) is 18.9 Å². The van der Waals surface area contributed by atoms with Crippen LogP contribution < -0.4 is 16.0 Å². The molecule has 114 valence electrons. The second-order valence-corrected chi connectivity index (χ2v) is 5.94. The molecule has 0 amide bonds. The normalized spacial score (nSPS) is 19.7. The summed E-state index contributed by atoms with van der Waals surface area (Å²) in [7, 11) is 0. The zero-order valence-electron chi connectivity index (χ0n) is 12.0. The summed E-state index contributed by atoms with van der Waals surface area (Å²) in [5.41, 5.74) is 5.53. The molecule has 1 aliphatic carbocycles. The Morgan fingerprint density at radius 3 is 2.62 bits per heavy atom. The monoisotopic (exact) mass is 291 g/mol. The van der Waals surface area contributed by atoms with Crippen LogP contribution in [0, 0.1) is 16.0 Å². The number of hydrogen-bond donors (Lipinski definition) is 2. The van der Waals surface area contributed by atoms with Crippen molar-refractivity contribution in [2.75, 3.05) is 30.3 Å². The van der Waals surface area contributed by atoms with Gasteiger partial charge in [0.15, 0.2) is 0 Å². The van der Waals surface area contributed by atoms with Crippen LogP contribution in [0.15, 0.2) is 12.1 Å². The van der Waals surface area contributed by atoms with Crippen LogP contribution in [0.25, 0.3) is 0 Å². The maximum atomic E-state index is 10.7. The number of nitrogens with two attached hydrogens (primary N) is 1. The van der Waals surface area contributed by atoms with Crippen molar-refractivity contribution in [1.82, 2.24) is 10.3 Å². The molecule has 0 bridgehead atoms. The quantitative estimate of drug-likeness (QED) is 0.631. The molecule has 2 aliphatic rings. The van der Waals surface area contributed by atoms with E-state index in [9.17, 15) is 10.1 Å². The number of hydrogen-bond acceptors (Lipinski definition) is 6. The highest BCUT2D eigenvalue weighted by Crippen LogP contribution is 2.28. The third-order valence-electron chi connectivity index (χ3n) is 4.30. The molecule has 1 saturated heterocycles. The molecule has 0 radical (unpaired) electrons. The summed E-state index contributed by atoms with van der Waals surface area (Å²) in [5.74, 6) is 1.63. The van der Waals surface area contributed by atoms with Gasteiger partial charge >= 0.3 is 5.69 Å². The first-order chi connectivity index (χ1) is 10.1. The predicted octanol–water partition coefficient (Wildman–Crippen LogP) is 1.54. The molecule has 1 aromatic heterocycles. The Labute approximate surface area is 123 Å². The Kier molecular flexibility index (Phi) is 3.92. The molecule has 7 nitrogen and oxygen atoms in total. The minimum atomic E-state index is -0.500. The summed E-state index contributed by atoms with van der Waals surface area (Å²) in [4.78, 5) is 16.6. The van der Waals surface area contributed by atoms with Crippen LogP contribution >= 0.6 is 0 Å². The first-order valence-electron chi connectivity index (χ1n) is 7.52. The summed E-state index contributed by atoms with van der Waals surface area (Å²) in [5, 5.41) is 14.4. The Morgan fingerprint density at radius 1 is 1.33 bits per heavy atom. The van der Waals surface area contributed by atoms with Crippen molar-refractivity contribution in [1.29, 1.82) is 0 Å². The molecule has 1 aliphatic heterocycles. The van der Waals surface area contributed by atoms with Crippen molar-refractivity contribution >= 4 is 17.3 Å². The van der Waals surface area contributed by atoms with E-state index >= 15 is 0 Å². The van der Waals surface area contributed by atoms with Crippen molar-refractivity contribution < 1.29 is 4.92 Å². The lowest BCUT2D eigenvalue weighted by molar-refractivity contribution is -0.384. The molecule has 0 aromatic carbocycles. The molecule has 0 atom stereocenters. The standard InChI is InChI=1S/C14H21N5O2/c15-14-12(19(20)21)3-4-13(17-14)18-7-5-11(6-8-18)16-9-10-1-2-10/h3-4,10-11,16H,1-2,5-9H2,(H2,15,17). The van der Waals surface area contributed by atoms with E-state index < -0.39 is 4.92 Å². The van der Waals surface area contributed by atoms with Crippen molar-refractivity contribution in [2.24, 2.45) is 5.92 Å². The van der Waals surface area contributed by atoms with Crippen LogP contribution in [0.3, 0.4) is 0 Å². The van der Waals surface area contributed by atoms with Crippen molar-refractivity contribution in [3.8, 4) is 0 Å². The van der Waals surface area contributed by atoms with Gasteiger partial charge in [-0.1, -0.05) is 0 Å². The van der Waals surface area contributed by atoms with Gasteiger partial charge < -0.3 is 16.0 Å². The minimum absolute atomic E-state index is 0.00789. The molecule has 21 heavy (non-hydrogen) atoms. The van der Waals surface area contributed by atoms with Crippen molar-refractivity contribution in [3.63, 3.8) is 0 Å². The predicted molar refractivity (Wildman–Crippen MR) is 81.3 cm³/mol. The average molecular weight is 291 g/mol. The van der Waals surface area contributed by atoms with Gasteiger partial charge in [-0.3, -0.25) is 10.1 Å². The van der Waals surface area contributed by atoms with E-state index in [0.29, 0.717) is 6.04 Å². The Balaban J connectivity index is 1.55. The van der Waals surface area contributed by atoms with E-state index in [1.807, 2.05) is 0 Å². The summed E-state index contributed by atoms with van der Waals surface area (Å²) < 4.78 is 0. The van der Waals surface area contributed by atoms with Gasteiger partial charge in [0.05, 0.1) is 4.92 Å². The van der Waals surface area contributed by atoms with Gasteiger partial charge in [-0.25, -0.2) is 4.98 Å². The van der Waals surface area contributed by atoms with Gasteiger partial charge in [0.2, 0.25) is 5.82 Å². The lowest BCUT2D eigenvalue weighted by atomic mass is 10.0. The largest absolute Gasteiger partial charge is 0.378 e. The fraction of sp³-hybridized carbons (Fsp3) is 0.643. The molecule has 2 fully saturated rings.